The van der Waals surface area contributed by atoms with Crippen LogP contribution in [0.5, 0.6) is 0 Å². The molecule has 2 aliphatic rings. The number of hydrogen-bond donors (Lipinski definition) is 0. The van der Waals surface area contributed by atoms with E-state index in [4.69, 9.17) is 9.97 Å². The van der Waals surface area contributed by atoms with Crippen molar-refractivity contribution in [3.63, 3.8) is 0 Å². The van der Waals surface area contributed by atoms with E-state index in [-0.39, 0.29) is 10.8 Å². The Morgan fingerprint density at radius 3 is 0.891 bits per heavy atom. The van der Waals surface area contributed by atoms with Gasteiger partial charge in [0.25, 0.3) is 0 Å². The standard InChI is InChI=1S/C60H44N4/c1-59(2)51-33-43(39-13-9-37(10-14-39)41-25-29-61-30-26-41)17-21-47(51)49-23-19-45(35-53(49)59)57-58(64-56-8-6-5-7-55(56)63-57)46-20-24-50-48-22-18-44(34-52(48)60(3,4)54(50)36-46)40-15-11-38(12-16-40)42-27-31-62-32-28-42/h5-36H,1-4H3. The first kappa shape index (κ1) is 37.9. The summed E-state index contributed by atoms with van der Waals surface area (Å²) in [6, 6.07) is 61.9. The minimum Gasteiger partial charge on any atom is -0.265 e. The van der Waals surface area contributed by atoms with Crippen LogP contribution >= 0.6 is 0 Å². The van der Waals surface area contributed by atoms with Gasteiger partial charge in [-0.1, -0.05) is 137 Å². The van der Waals surface area contributed by atoms with Gasteiger partial charge in [0.1, 0.15) is 0 Å². The van der Waals surface area contributed by atoms with E-state index in [0.29, 0.717) is 0 Å². The van der Waals surface area contributed by atoms with Crippen molar-refractivity contribution in [3.05, 3.63) is 217 Å². The SMILES string of the molecule is CC1(C)c2cc(-c3ccc(-c4ccncc4)cc3)ccc2-c2ccc(-c3nc4ccccc4nc3-c3ccc4c(c3)C(C)(C)c3cc(-c5ccc(-c6ccncc6)cc5)ccc3-4)cc21. The van der Waals surface area contributed by atoms with Gasteiger partial charge < -0.3 is 0 Å². The van der Waals surface area contributed by atoms with Crippen LogP contribution in [0.2, 0.25) is 0 Å². The van der Waals surface area contributed by atoms with Crippen LogP contribution < -0.4 is 0 Å². The Labute approximate surface area is 374 Å². The molecule has 2 aliphatic carbocycles. The second-order valence-electron chi connectivity index (χ2n) is 18.3. The van der Waals surface area contributed by atoms with Gasteiger partial charge in [-0.15, -0.1) is 0 Å². The fraction of sp³-hybridized carbons (Fsp3) is 0.100. The fourth-order valence-corrected chi connectivity index (χ4v) is 10.3. The first-order chi connectivity index (χ1) is 31.2. The summed E-state index contributed by atoms with van der Waals surface area (Å²) in [5.41, 5.74) is 25.3. The lowest BCUT2D eigenvalue weighted by molar-refractivity contribution is 0.660. The van der Waals surface area contributed by atoms with Crippen molar-refractivity contribution in [2.75, 3.05) is 0 Å². The predicted octanol–water partition coefficient (Wildman–Crippen LogP) is 15.0. The zero-order chi connectivity index (χ0) is 43.2. The van der Waals surface area contributed by atoms with Gasteiger partial charge in [-0.25, -0.2) is 9.97 Å². The molecule has 4 heteroatoms. The van der Waals surface area contributed by atoms with Crippen molar-refractivity contribution in [2.45, 2.75) is 38.5 Å². The first-order valence-corrected chi connectivity index (χ1v) is 22.1. The largest absolute Gasteiger partial charge is 0.265 e. The Bertz CT molecular complexity index is 3230. The van der Waals surface area contributed by atoms with Crippen molar-refractivity contribution < 1.29 is 0 Å². The number of nitrogens with zero attached hydrogens (tertiary/aromatic N) is 4. The molecule has 0 radical (unpaired) electrons. The van der Waals surface area contributed by atoms with Gasteiger partial charge in [0.15, 0.2) is 0 Å². The topological polar surface area (TPSA) is 51.6 Å². The van der Waals surface area contributed by atoms with E-state index in [1.165, 1.54) is 89.0 Å². The molecule has 0 saturated heterocycles. The van der Waals surface area contributed by atoms with Crippen LogP contribution in [0.25, 0.3) is 100 Å². The number of aromatic nitrogens is 4. The van der Waals surface area contributed by atoms with Gasteiger partial charge >= 0.3 is 0 Å². The zero-order valence-electron chi connectivity index (χ0n) is 36.3. The molecule has 10 aromatic rings. The zero-order valence-corrected chi connectivity index (χ0v) is 36.3. The lowest BCUT2D eigenvalue weighted by Crippen LogP contribution is -2.15. The minimum atomic E-state index is -0.220. The van der Waals surface area contributed by atoms with Crippen molar-refractivity contribution in [1.82, 2.24) is 19.9 Å². The third-order valence-electron chi connectivity index (χ3n) is 13.9. The molecule has 12 rings (SSSR count). The summed E-state index contributed by atoms with van der Waals surface area (Å²) >= 11 is 0. The maximum atomic E-state index is 5.40. The molecule has 7 aromatic carbocycles. The lowest BCUT2D eigenvalue weighted by atomic mass is 9.80. The van der Waals surface area contributed by atoms with Crippen LogP contribution in [-0.2, 0) is 10.8 Å². The smallest absolute Gasteiger partial charge is 0.0973 e. The third-order valence-corrected chi connectivity index (χ3v) is 13.9. The average Bonchev–Trinajstić information content (AvgIpc) is 3.72. The van der Waals surface area contributed by atoms with Crippen molar-refractivity contribution in [1.29, 1.82) is 0 Å². The molecule has 3 aromatic heterocycles. The quantitative estimate of drug-likeness (QED) is 0.168. The second-order valence-corrected chi connectivity index (χ2v) is 18.3. The molecule has 0 unspecified atom stereocenters. The van der Waals surface area contributed by atoms with Crippen LogP contribution in [0.3, 0.4) is 0 Å². The summed E-state index contributed by atoms with van der Waals surface area (Å²) in [5, 5.41) is 0. The van der Waals surface area contributed by atoms with E-state index in [1.807, 2.05) is 36.9 Å². The molecule has 4 nitrogen and oxygen atoms in total. The van der Waals surface area contributed by atoms with Gasteiger partial charge in [-0.2, -0.15) is 0 Å². The van der Waals surface area contributed by atoms with E-state index in [9.17, 15) is 0 Å². The molecule has 0 spiro atoms. The summed E-state index contributed by atoms with van der Waals surface area (Å²) in [6.45, 7) is 9.42. The molecular formula is C60H44N4. The summed E-state index contributed by atoms with van der Waals surface area (Å²) < 4.78 is 0. The highest BCUT2D eigenvalue weighted by atomic mass is 14.8. The Morgan fingerprint density at radius 2 is 0.547 bits per heavy atom. The molecule has 0 saturated carbocycles. The first-order valence-electron chi connectivity index (χ1n) is 22.1. The van der Waals surface area contributed by atoms with E-state index in [0.717, 1.165) is 33.5 Å². The normalized spacial score (nSPS) is 13.9. The fourth-order valence-electron chi connectivity index (χ4n) is 10.3. The van der Waals surface area contributed by atoms with E-state index < -0.39 is 0 Å². The maximum Gasteiger partial charge on any atom is 0.0973 e. The summed E-state index contributed by atoms with van der Waals surface area (Å²) in [5.74, 6) is 0. The Balaban J connectivity index is 0.899. The van der Waals surface area contributed by atoms with Crippen LogP contribution in [0.4, 0.5) is 0 Å². The van der Waals surface area contributed by atoms with E-state index >= 15 is 0 Å². The van der Waals surface area contributed by atoms with Gasteiger partial charge in [0.05, 0.1) is 22.4 Å². The van der Waals surface area contributed by atoms with Gasteiger partial charge in [0.2, 0.25) is 0 Å². The van der Waals surface area contributed by atoms with E-state index in [1.54, 1.807) is 0 Å². The highest BCUT2D eigenvalue weighted by Gasteiger charge is 2.38. The molecular weight excluding hydrogens is 777 g/mol. The van der Waals surface area contributed by atoms with Crippen molar-refractivity contribution in [2.24, 2.45) is 0 Å². The molecule has 0 N–H and O–H groups in total. The minimum absolute atomic E-state index is 0.220. The Kier molecular flexibility index (Phi) is 8.51. The van der Waals surface area contributed by atoms with Crippen LogP contribution in [0, 0.1) is 0 Å². The number of benzene rings is 7. The van der Waals surface area contributed by atoms with Crippen LogP contribution in [-0.4, -0.2) is 19.9 Å². The number of hydrogen-bond acceptors (Lipinski definition) is 4. The number of fused-ring (bicyclic) bond motifs is 7. The molecule has 64 heavy (non-hydrogen) atoms. The van der Waals surface area contributed by atoms with Crippen molar-refractivity contribution in [3.8, 4) is 89.3 Å². The number of pyridine rings is 2. The average molecular weight is 821 g/mol. The van der Waals surface area contributed by atoms with Crippen LogP contribution in [0.1, 0.15) is 49.9 Å². The number of para-hydroxylation sites is 2. The summed E-state index contributed by atoms with van der Waals surface area (Å²) in [7, 11) is 0. The lowest BCUT2D eigenvalue weighted by Gasteiger charge is -2.23. The molecule has 304 valence electrons. The molecule has 0 bridgehead atoms. The van der Waals surface area contributed by atoms with Crippen LogP contribution in [0.15, 0.2) is 195 Å². The van der Waals surface area contributed by atoms with Gasteiger partial charge in [0, 0.05) is 46.7 Å². The molecule has 0 amide bonds. The maximum absolute atomic E-state index is 5.40. The van der Waals surface area contributed by atoms with Gasteiger partial charge in [-0.05, 0) is 150 Å². The molecule has 3 heterocycles. The predicted molar refractivity (Wildman–Crippen MR) is 263 cm³/mol. The summed E-state index contributed by atoms with van der Waals surface area (Å²) in [6.07, 6.45) is 7.37. The molecule has 0 fully saturated rings. The summed E-state index contributed by atoms with van der Waals surface area (Å²) in [4.78, 5) is 19.2. The Morgan fingerprint density at radius 1 is 0.281 bits per heavy atom. The number of rotatable bonds is 6. The Hall–Kier alpha value is -7.82. The second kappa shape index (κ2) is 14.4. The highest BCUT2D eigenvalue weighted by Crippen LogP contribution is 2.53. The molecule has 0 aliphatic heterocycles. The van der Waals surface area contributed by atoms with Crippen molar-refractivity contribution >= 4 is 11.0 Å². The third kappa shape index (κ3) is 6.05. The van der Waals surface area contributed by atoms with Gasteiger partial charge in [-0.3, -0.25) is 9.97 Å². The van der Waals surface area contributed by atoms with E-state index in [2.05, 4.69) is 195 Å². The monoisotopic (exact) mass is 820 g/mol. The highest BCUT2D eigenvalue weighted by molar-refractivity contribution is 5.92. The molecule has 0 atom stereocenters.